The number of hydrogen-bond acceptors (Lipinski definition) is 7. The third-order valence-corrected chi connectivity index (χ3v) is 17.8. The van der Waals surface area contributed by atoms with Gasteiger partial charge in [0.25, 0.3) is 0 Å². The van der Waals surface area contributed by atoms with Crippen molar-refractivity contribution in [2.24, 2.45) is 0 Å². The Labute approximate surface area is 593 Å². The highest BCUT2D eigenvalue weighted by molar-refractivity contribution is 7.47. The molecule has 0 radical (unpaired) electrons. The van der Waals surface area contributed by atoms with Crippen LogP contribution in [0.5, 0.6) is 0 Å². The number of esters is 2. The maximum atomic E-state index is 12.9. The van der Waals surface area contributed by atoms with Gasteiger partial charge in [0, 0.05) is 12.8 Å². The van der Waals surface area contributed by atoms with Crippen molar-refractivity contribution in [1.82, 2.24) is 0 Å². The Balaban J connectivity index is 4.04. The Bertz CT molecular complexity index is 2140. The minimum absolute atomic E-state index is 0.0261. The number of rotatable bonds is 72. The summed E-state index contributed by atoms with van der Waals surface area (Å²) >= 11 is 0. The predicted molar refractivity (Wildman–Crippen MR) is 417 cm³/mol. The predicted octanol–water partition coefficient (Wildman–Crippen LogP) is 26.5. The van der Waals surface area contributed by atoms with Gasteiger partial charge in [-0.05, 0) is 122 Å². The number of carbonyl (C=O) groups is 2. The fraction of sp³-hybridized carbons (Fsp3) is 0.698. The van der Waals surface area contributed by atoms with Gasteiger partial charge in [0.1, 0.15) is 19.8 Å². The SMILES string of the molecule is CC/C=C\C/C=C\C/C=C\C/C=C\C/C=C\C/C=C\C/C=C\C/C=C\C/C=C\C/C=C\CCCCCCCCCCCCC(=O)OC(COC(=O)CCCCCCCCCCCCCCCCCCCCC/C=C\C/C=C\CCCCCCC)COP(=O)(O)OCC[N+](C)(C)C. The number of unbranched alkanes of at least 4 members (excludes halogenated alkanes) is 34. The second-order valence-electron chi connectivity index (χ2n) is 27.4. The molecule has 96 heavy (non-hydrogen) atoms. The van der Waals surface area contributed by atoms with E-state index >= 15 is 0 Å². The lowest BCUT2D eigenvalue weighted by molar-refractivity contribution is -0.870. The number of quaternary nitrogens is 1. The lowest BCUT2D eigenvalue weighted by atomic mass is 10.0. The topological polar surface area (TPSA) is 108 Å². The van der Waals surface area contributed by atoms with E-state index in [-0.39, 0.29) is 32.0 Å². The molecule has 9 nitrogen and oxygen atoms in total. The maximum Gasteiger partial charge on any atom is 0.472 e. The van der Waals surface area contributed by atoms with Crippen LogP contribution in [0.15, 0.2) is 146 Å². The van der Waals surface area contributed by atoms with Gasteiger partial charge >= 0.3 is 19.8 Å². The Hall–Kier alpha value is -4.11. The molecule has 550 valence electrons. The first-order chi connectivity index (χ1) is 47.0. The molecule has 2 unspecified atom stereocenters. The van der Waals surface area contributed by atoms with Crippen molar-refractivity contribution < 1.29 is 42.1 Å². The minimum atomic E-state index is -4.40. The van der Waals surface area contributed by atoms with Crippen molar-refractivity contribution in [3.63, 3.8) is 0 Å². The van der Waals surface area contributed by atoms with Gasteiger partial charge in [-0.3, -0.25) is 18.6 Å². The Morgan fingerprint density at radius 1 is 0.333 bits per heavy atom. The molecule has 0 bridgehead atoms. The van der Waals surface area contributed by atoms with Gasteiger partial charge in [0.2, 0.25) is 0 Å². The fourth-order valence-electron chi connectivity index (χ4n) is 10.8. The lowest BCUT2D eigenvalue weighted by Crippen LogP contribution is -2.37. The van der Waals surface area contributed by atoms with Crippen molar-refractivity contribution >= 4 is 19.8 Å². The van der Waals surface area contributed by atoms with Crippen LogP contribution in [0.2, 0.25) is 0 Å². The first kappa shape index (κ1) is 91.9. The molecule has 0 amide bonds. The molecule has 0 aliphatic rings. The van der Waals surface area contributed by atoms with Gasteiger partial charge in [-0.2, -0.15) is 0 Å². The molecule has 10 heteroatoms. The molecule has 0 spiro atoms. The smallest absolute Gasteiger partial charge is 0.462 e. The molecular formula is C86H149NO8P+. The number of hydrogen-bond donors (Lipinski definition) is 1. The van der Waals surface area contributed by atoms with Crippen molar-refractivity contribution in [3.05, 3.63) is 146 Å². The molecule has 0 saturated carbocycles. The molecule has 0 heterocycles. The summed E-state index contributed by atoms with van der Waals surface area (Å²) in [5.74, 6) is -0.797. The van der Waals surface area contributed by atoms with Gasteiger partial charge in [0.05, 0.1) is 27.7 Å². The van der Waals surface area contributed by atoms with Crippen molar-refractivity contribution in [1.29, 1.82) is 0 Å². The van der Waals surface area contributed by atoms with Gasteiger partial charge in [-0.1, -0.05) is 346 Å². The first-order valence-corrected chi connectivity index (χ1v) is 41.1. The number of phosphoric ester groups is 1. The molecule has 0 aromatic carbocycles. The quantitative estimate of drug-likeness (QED) is 0.0211. The number of likely N-dealkylation sites (N-methyl/N-ethyl adjacent to an activating group) is 1. The van der Waals surface area contributed by atoms with E-state index in [4.69, 9.17) is 18.5 Å². The van der Waals surface area contributed by atoms with Gasteiger partial charge in [-0.25, -0.2) is 4.57 Å². The summed E-state index contributed by atoms with van der Waals surface area (Å²) in [4.78, 5) is 36.0. The van der Waals surface area contributed by atoms with E-state index in [0.29, 0.717) is 17.4 Å². The lowest BCUT2D eigenvalue weighted by Gasteiger charge is -2.24. The summed E-state index contributed by atoms with van der Waals surface area (Å²) in [5.41, 5.74) is 0. The molecule has 2 atom stereocenters. The minimum Gasteiger partial charge on any atom is -0.462 e. The van der Waals surface area contributed by atoms with E-state index in [1.54, 1.807) is 0 Å². The van der Waals surface area contributed by atoms with E-state index in [1.807, 2.05) is 21.1 Å². The molecule has 0 aromatic heterocycles. The summed E-state index contributed by atoms with van der Waals surface area (Å²) in [7, 11) is 1.47. The second kappa shape index (κ2) is 75.1. The number of ether oxygens (including phenoxy) is 2. The number of allylic oxidation sites excluding steroid dienone is 24. The van der Waals surface area contributed by atoms with E-state index in [9.17, 15) is 19.0 Å². The van der Waals surface area contributed by atoms with Crippen LogP contribution in [0.3, 0.4) is 0 Å². The van der Waals surface area contributed by atoms with E-state index in [2.05, 4.69) is 160 Å². The van der Waals surface area contributed by atoms with Crippen LogP contribution in [0.1, 0.15) is 335 Å². The molecule has 0 fully saturated rings. The third kappa shape index (κ3) is 78.9. The molecule has 0 aromatic rings. The largest absolute Gasteiger partial charge is 0.472 e. The normalized spacial score (nSPS) is 13.9. The van der Waals surface area contributed by atoms with Crippen molar-refractivity contribution in [2.45, 2.75) is 341 Å². The first-order valence-electron chi connectivity index (χ1n) is 39.6. The molecule has 0 saturated heterocycles. The zero-order valence-corrected chi connectivity index (χ0v) is 63.7. The van der Waals surface area contributed by atoms with Crippen LogP contribution in [-0.4, -0.2) is 74.9 Å². The average Bonchev–Trinajstić information content (AvgIpc) is 2.54. The van der Waals surface area contributed by atoms with Crippen molar-refractivity contribution in [3.8, 4) is 0 Å². The standard InChI is InChI=1S/C86H148NO8P/c1-6-8-10-12-14-16-18-20-22-24-26-28-30-32-34-36-38-39-40-41-42-43-44-45-46-47-49-51-53-55-57-59-61-63-65-67-69-71-73-75-77-79-86(89)95-84(83-94-96(90,91)93-81-80-87(3,4)5)82-92-85(88)78-76-74-72-70-68-66-64-62-60-58-56-54-52-50-48-37-35-33-31-29-27-25-23-21-19-17-15-13-11-9-7-2/h8,10,14,16,19-22,25-28,32,34,38-39,41-42,44-45,47,49,53,55,84H,6-7,9,11-13,15,17-18,23-24,29-31,33,35-37,40,43,46,48,50-52,54,56-83H2,1-5H3/p+1/b10-8-,16-14-,21-19-,22-20-,27-25-,28-26-,34-32-,39-38-,42-41-,45-44-,49-47-,55-53-. The molecule has 1 N–H and O–H groups in total. The van der Waals surface area contributed by atoms with E-state index < -0.39 is 26.5 Å². The molecule has 0 aliphatic carbocycles. The van der Waals surface area contributed by atoms with Crippen molar-refractivity contribution in [2.75, 3.05) is 47.5 Å². The summed E-state index contributed by atoms with van der Waals surface area (Å²) in [6.07, 6.45) is 111. The van der Waals surface area contributed by atoms with Crippen LogP contribution in [0.25, 0.3) is 0 Å². The van der Waals surface area contributed by atoms with E-state index in [1.165, 1.54) is 186 Å². The summed E-state index contributed by atoms with van der Waals surface area (Å²) in [6, 6.07) is 0. The zero-order valence-electron chi connectivity index (χ0n) is 62.8. The molecular weight excluding hydrogens is 1210 g/mol. The fourth-order valence-corrected chi connectivity index (χ4v) is 11.6. The van der Waals surface area contributed by atoms with Gasteiger partial charge in [-0.15, -0.1) is 0 Å². The van der Waals surface area contributed by atoms with Gasteiger partial charge in [0.15, 0.2) is 6.10 Å². The highest BCUT2D eigenvalue weighted by Crippen LogP contribution is 2.43. The second-order valence-corrected chi connectivity index (χ2v) is 28.8. The van der Waals surface area contributed by atoms with Crippen LogP contribution in [0, 0.1) is 0 Å². The molecule has 0 rings (SSSR count). The monoisotopic (exact) mass is 1360 g/mol. The summed E-state index contributed by atoms with van der Waals surface area (Å²) in [5, 5.41) is 0. The number of nitrogens with zero attached hydrogens (tertiary/aromatic N) is 1. The van der Waals surface area contributed by atoms with Crippen LogP contribution in [0.4, 0.5) is 0 Å². The van der Waals surface area contributed by atoms with Crippen LogP contribution in [-0.2, 0) is 32.7 Å². The average molecular weight is 1360 g/mol. The summed E-state index contributed by atoms with van der Waals surface area (Å²) in [6.45, 7) is 4.33. The van der Waals surface area contributed by atoms with Crippen LogP contribution < -0.4 is 0 Å². The number of phosphoric acid groups is 1. The maximum absolute atomic E-state index is 12.9. The molecule has 0 aliphatic heterocycles. The van der Waals surface area contributed by atoms with Crippen LogP contribution >= 0.6 is 7.82 Å². The Morgan fingerprint density at radius 3 is 0.885 bits per heavy atom. The highest BCUT2D eigenvalue weighted by Gasteiger charge is 2.27. The van der Waals surface area contributed by atoms with E-state index in [0.717, 1.165) is 116 Å². The highest BCUT2D eigenvalue weighted by atomic mass is 31.2. The zero-order chi connectivity index (χ0) is 69.7. The Kier molecular flexibility index (Phi) is 71.9. The Morgan fingerprint density at radius 2 is 0.594 bits per heavy atom. The van der Waals surface area contributed by atoms with Gasteiger partial charge < -0.3 is 18.9 Å². The third-order valence-electron chi connectivity index (χ3n) is 16.9. The summed E-state index contributed by atoms with van der Waals surface area (Å²) < 4.78 is 34.8. The number of carbonyl (C=O) groups excluding carboxylic acids is 2.